The van der Waals surface area contributed by atoms with Crippen LogP contribution in [0.1, 0.15) is 49.0 Å². The average Bonchev–Trinajstić information content (AvgIpc) is 2.41. The molecule has 1 aromatic rings. The van der Waals surface area contributed by atoms with Gasteiger partial charge >= 0.3 is 0 Å². The zero-order chi connectivity index (χ0) is 14.1. The van der Waals surface area contributed by atoms with Gasteiger partial charge in [-0.1, -0.05) is 37.5 Å². The smallest absolute Gasteiger partial charge is 0.251 e. The molecule has 0 aliphatic heterocycles. The van der Waals surface area contributed by atoms with Crippen molar-refractivity contribution in [3.63, 3.8) is 0 Å². The highest BCUT2D eigenvalue weighted by Gasteiger charge is 2.04. The maximum atomic E-state index is 11.8. The molecule has 0 fully saturated rings. The summed E-state index contributed by atoms with van der Waals surface area (Å²) in [7, 11) is 0. The Hall–Kier alpha value is -1.35. The van der Waals surface area contributed by atoms with Crippen molar-refractivity contribution >= 4 is 5.91 Å². The minimum Gasteiger partial charge on any atom is -0.351 e. The Morgan fingerprint density at radius 3 is 2.53 bits per heavy atom. The van der Waals surface area contributed by atoms with Crippen molar-refractivity contribution in [1.29, 1.82) is 0 Å². The highest BCUT2D eigenvalue weighted by Crippen LogP contribution is 2.02. The van der Waals surface area contributed by atoms with Crippen LogP contribution in [0.2, 0.25) is 0 Å². The topological polar surface area (TPSA) is 41.1 Å². The van der Waals surface area contributed by atoms with Gasteiger partial charge in [0.1, 0.15) is 0 Å². The van der Waals surface area contributed by atoms with Gasteiger partial charge in [0, 0.05) is 24.7 Å². The fraction of sp³-hybridized carbons (Fsp3) is 0.562. The van der Waals surface area contributed by atoms with Crippen LogP contribution in [-0.2, 0) is 0 Å². The predicted octanol–water partition coefficient (Wildman–Crippen LogP) is 2.89. The molecule has 0 saturated carbocycles. The second kappa shape index (κ2) is 8.70. The molecule has 1 aromatic carbocycles. The van der Waals surface area contributed by atoms with Crippen LogP contribution in [0.25, 0.3) is 0 Å². The molecule has 0 bridgehead atoms. The summed E-state index contributed by atoms with van der Waals surface area (Å²) in [4.78, 5) is 11.8. The predicted molar refractivity (Wildman–Crippen MR) is 80.5 cm³/mol. The summed E-state index contributed by atoms with van der Waals surface area (Å²) in [5, 5.41) is 6.35. The van der Waals surface area contributed by atoms with Crippen LogP contribution in [0.4, 0.5) is 0 Å². The van der Waals surface area contributed by atoms with Gasteiger partial charge in [-0.2, -0.15) is 0 Å². The van der Waals surface area contributed by atoms with Gasteiger partial charge in [-0.15, -0.1) is 0 Å². The summed E-state index contributed by atoms with van der Waals surface area (Å²) in [5.74, 6) is 0.00279. The van der Waals surface area contributed by atoms with Crippen molar-refractivity contribution in [1.82, 2.24) is 10.6 Å². The molecule has 1 unspecified atom stereocenters. The van der Waals surface area contributed by atoms with Gasteiger partial charge in [-0.05, 0) is 32.4 Å². The van der Waals surface area contributed by atoms with E-state index in [1.165, 1.54) is 24.8 Å². The minimum absolute atomic E-state index is 0.00279. The molecule has 3 heteroatoms. The molecule has 0 radical (unpaired) electrons. The Labute approximate surface area is 116 Å². The van der Waals surface area contributed by atoms with Gasteiger partial charge in [-0.3, -0.25) is 4.79 Å². The lowest BCUT2D eigenvalue weighted by atomic mass is 10.1. The van der Waals surface area contributed by atoms with Crippen LogP contribution in [0.15, 0.2) is 24.3 Å². The Morgan fingerprint density at radius 1 is 1.21 bits per heavy atom. The number of unbranched alkanes of at least 4 members (excludes halogenated alkanes) is 1. The summed E-state index contributed by atoms with van der Waals surface area (Å²) >= 11 is 0. The SMILES string of the molecule is CCCCC(C)NCCNC(=O)c1ccc(C)cc1. The van der Waals surface area contributed by atoms with Gasteiger partial charge in [-0.25, -0.2) is 0 Å². The number of hydrogen-bond acceptors (Lipinski definition) is 2. The molecule has 2 N–H and O–H groups in total. The monoisotopic (exact) mass is 262 g/mol. The largest absolute Gasteiger partial charge is 0.351 e. The van der Waals surface area contributed by atoms with Crippen LogP contribution in [-0.4, -0.2) is 25.0 Å². The van der Waals surface area contributed by atoms with Crippen LogP contribution in [0, 0.1) is 6.92 Å². The van der Waals surface area contributed by atoms with Crippen LogP contribution in [0.3, 0.4) is 0 Å². The first kappa shape index (κ1) is 15.7. The zero-order valence-corrected chi connectivity index (χ0v) is 12.3. The molecule has 0 aliphatic rings. The summed E-state index contributed by atoms with van der Waals surface area (Å²) in [6.07, 6.45) is 3.68. The van der Waals surface area contributed by atoms with E-state index in [2.05, 4.69) is 24.5 Å². The van der Waals surface area contributed by atoms with E-state index in [1.807, 2.05) is 31.2 Å². The maximum absolute atomic E-state index is 11.8. The van der Waals surface area contributed by atoms with Crippen LogP contribution < -0.4 is 10.6 Å². The second-order valence-corrected chi connectivity index (χ2v) is 5.12. The molecule has 1 rings (SSSR count). The van der Waals surface area contributed by atoms with E-state index < -0.39 is 0 Å². The Morgan fingerprint density at radius 2 is 1.89 bits per heavy atom. The zero-order valence-electron chi connectivity index (χ0n) is 12.3. The van der Waals surface area contributed by atoms with E-state index in [9.17, 15) is 4.79 Å². The lowest BCUT2D eigenvalue weighted by Gasteiger charge is -2.13. The Kier molecular flexibility index (Phi) is 7.19. The normalized spacial score (nSPS) is 12.2. The first-order valence-electron chi connectivity index (χ1n) is 7.21. The van der Waals surface area contributed by atoms with Crippen LogP contribution >= 0.6 is 0 Å². The second-order valence-electron chi connectivity index (χ2n) is 5.12. The van der Waals surface area contributed by atoms with E-state index in [4.69, 9.17) is 0 Å². The van der Waals surface area contributed by atoms with E-state index in [-0.39, 0.29) is 5.91 Å². The minimum atomic E-state index is 0.00279. The van der Waals surface area contributed by atoms with Gasteiger partial charge in [0.15, 0.2) is 0 Å². The molecule has 1 amide bonds. The van der Waals surface area contributed by atoms with E-state index in [0.717, 1.165) is 12.1 Å². The van der Waals surface area contributed by atoms with Crippen molar-refractivity contribution in [2.24, 2.45) is 0 Å². The first-order valence-corrected chi connectivity index (χ1v) is 7.21. The third-order valence-corrected chi connectivity index (χ3v) is 3.21. The number of carbonyl (C=O) groups excluding carboxylic acids is 1. The standard InChI is InChI=1S/C16H26N2O/c1-4-5-6-14(3)17-11-12-18-16(19)15-9-7-13(2)8-10-15/h7-10,14,17H,4-6,11-12H2,1-3H3,(H,18,19). The molecule has 0 heterocycles. The molecule has 0 aliphatic carbocycles. The number of hydrogen-bond donors (Lipinski definition) is 2. The fourth-order valence-electron chi connectivity index (χ4n) is 1.91. The number of amides is 1. The lowest BCUT2D eigenvalue weighted by molar-refractivity contribution is 0.0953. The average molecular weight is 262 g/mol. The fourth-order valence-corrected chi connectivity index (χ4v) is 1.91. The third-order valence-electron chi connectivity index (χ3n) is 3.21. The molecule has 0 spiro atoms. The summed E-state index contributed by atoms with van der Waals surface area (Å²) < 4.78 is 0. The van der Waals surface area contributed by atoms with Crippen LogP contribution in [0.5, 0.6) is 0 Å². The van der Waals surface area contributed by atoms with Crippen molar-refractivity contribution in [2.45, 2.75) is 46.1 Å². The highest BCUT2D eigenvalue weighted by atomic mass is 16.1. The van der Waals surface area contributed by atoms with Crippen molar-refractivity contribution in [2.75, 3.05) is 13.1 Å². The molecular formula is C16H26N2O. The molecular weight excluding hydrogens is 236 g/mol. The van der Waals surface area contributed by atoms with E-state index >= 15 is 0 Å². The number of benzene rings is 1. The van der Waals surface area contributed by atoms with Crippen molar-refractivity contribution in [3.8, 4) is 0 Å². The highest BCUT2D eigenvalue weighted by molar-refractivity contribution is 5.94. The number of nitrogens with one attached hydrogen (secondary N) is 2. The van der Waals surface area contributed by atoms with Gasteiger partial charge in [0.25, 0.3) is 5.91 Å². The summed E-state index contributed by atoms with van der Waals surface area (Å²) in [6, 6.07) is 8.17. The molecule has 19 heavy (non-hydrogen) atoms. The molecule has 106 valence electrons. The maximum Gasteiger partial charge on any atom is 0.251 e. The lowest BCUT2D eigenvalue weighted by Crippen LogP contribution is -2.35. The van der Waals surface area contributed by atoms with Gasteiger partial charge in [0.05, 0.1) is 0 Å². The van der Waals surface area contributed by atoms with Crippen molar-refractivity contribution in [3.05, 3.63) is 35.4 Å². The quantitative estimate of drug-likeness (QED) is 0.707. The first-order chi connectivity index (χ1) is 9.13. The summed E-state index contributed by atoms with van der Waals surface area (Å²) in [5.41, 5.74) is 1.90. The Balaban J connectivity index is 2.18. The third kappa shape index (κ3) is 6.39. The molecule has 0 saturated heterocycles. The Bertz CT molecular complexity index is 373. The number of rotatable bonds is 8. The molecule has 3 nitrogen and oxygen atoms in total. The summed E-state index contributed by atoms with van der Waals surface area (Å²) in [6.45, 7) is 7.90. The van der Waals surface area contributed by atoms with E-state index in [1.54, 1.807) is 0 Å². The van der Waals surface area contributed by atoms with Gasteiger partial charge in [0.2, 0.25) is 0 Å². The van der Waals surface area contributed by atoms with E-state index in [0.29, 0.717) is 12.6 Å². The van der Waals surface area contributed by atoms with Crippen molar-refractivity contribution < 1.29 is 4.79 Å². The number of carbonyl (C=O) groups is 1. The molecule has 0 aromatic heterocycles. The number of aryl methyl sites for hydroxylation is 1. The molecule has 1 atom stereocenters. The van der Waals surface area contributed by atoms with Gasteiger partial charge < -0.3 is 10.6 Å².